The number of rotatable bonds is 12. The summed E-state index contributed by atoms with van der Waals surface area (Å²) in [7, 11) is 0. The lowest BCUT2D eigenvalue weighted by Gasteiger charge is -2.29. The van der Waals surface area contributed by atoms with E-state index >= 15 is 0 Å². The van der Waals surface area contributed by atoms with Gasteiger partial charge in [-0.2, -0.15) is 0 Å². The van der Waals surface area contributed by atoms with E-state index in [0.29, 0.717) is 19.8 Å². The Bertz CT molecular complexity index is 812. The molecule has 0 amide bonds. The highest BCUT2D eigenvalue weighted by atomic mass is 16.7. The Morgan fingerprint density at radius 2 is 1.56 bits per heavy atom. The molecular formula is C29H38O3. The van der Waals surface area contributed by atoms with Crippen molar-refractivity contribution in [2.45, 2.75) is 64.8 Å². The number of benzene rings is 2. The molecule has 0 saturated carbocycles. The topological polar surface area (TPSA) is 27.7 Å². The average molecular weight is 435 g/mol. The molecular weight excluding hydrogens is 396 g/mol. The van der Waals surface area contributed by atoms with E-state index in [1.807, 2.05) is 31.2 Å². The maximum absolute atomic E-state index is 5.99. The summed E-state index contributed by atoms with van der Waals surface area (Å²) >= 11 is 0. The van der Waals surface area contributed by atoms with Crippen molar-refractivity contribution < 1.29 is 14.2 Å². The molecule has 32 heavy (non-hydrogen) atoms. The van der Waals surface area contributed by atoms with Gasteiger partial charge in [-0.25, -0.2) is 0 Å². The molecule has 0 aliphatic carbocycles. The molecule has 1 aliphatic heterocycles. The second-order valence-corrected chi connectivity index (χ2v) is 8.36. The molecule has 3 heteroatoms. The Balaban J connectivity index is 1.44. The molecule has 0 bridgehead atoms. The third-order valence-corrected chi connectivity index (χ3v) is 5.82. The molecule has 0 unspecified atom stereocenters. The molecule has 1 fully saturated rings. The number of allylic oxidation sites excluding steroid dienone is 3. The van der Waals surface area contributed by atoms with Gasteiger partial charge in [0, 0.05) is 0 Å². The van der Waals surface area contributed by atoms with E-state index in [-0.39, 0.29) is 12.4 Å². The van der Waals surface area contributed by atoms with E-state index in [0.717, 1.165) is 5.56 Å². The van der Waals surface area contributed by atoms with Crippen molar-refractivity contribution in [3.05, 3.63) is 84.0 Å². The molecule has 3 rings (SSSR count). The van der Waals surface area contributed by atoms with Crippen LogP contribution in [-0.2, 0) is 20.6 Å². The lowest BCUT2D eigenvalue weighted by atomic mass is 9.99. The van der Waals surface area contributed by atoms with E-state index < -0.39 is 0 Å². The smallest absolute Gasteiger partial charge is 0.181 e. The van der Waals surface area contributed by atoms with Crippen LogP contribution >= 0.6 is 0 Å². The Labute approximate surface area is 194 Å². The van der Waals surface area contributed by atoms with E-state index in [1.54, 1.807) is 0 Å². The summed E-state index contributed by atoms with van der Waals surface area (Å²) in [6, 6.07) is 17.7. The summed E-state index contributed by atoms with van der Waals surface area (Å²) < 4.78 is 17.5. The average Bonchev–Trinajstić information content (AvgIpc) is 2.85. The van der Waals surface area contributed by atoms with E-state index in [4.69, 9.17) is 14.2 Å². The minimum absolute atomic E-state index is 0.0439. The fraction of sp³-hybridized carbons (Fsp3) is 0.448. The highest BCUT2D eigenvalue weighted by Gasteiger charge is 2.23. The van der Waals surface area contributed by atoms with Crippen molar-refractivity contribution in [3.8, 4) is 11.1 Å². The van der Waals surface area contributed by atoms with Crippen molar-refractivity contribution in [1.82, 2.24) is 0 Å². The zero-order valence-electron chi connectivity index (χ0n) is 19.7. The molecule has 3 nitrogen and oxygen atoms in total. The van der Waals surface area contributed by atoms with Crippen LogP contribution in [0.3, 0.4) is 0 Å². The van der Waals surface area contributed by atoms with Crippen LogP contribution in [0, 0.1) is 0 Å². The number of ether oxygens (including phenoxy) is 3. The molecule has 0 radical (unpaired) electrons. The quantitative estimate of drug-likeness (QED) is 0.257. The monoisotopic (exact) mass is 434 g/mol. The predicted octanol–water partition coefficient (Wildman–Crippen LogP) is 7.43. The Morgan fingerprint density at radius 3 is 2.22 bits per heavy atom. The molecule has 0 N–H and O–H groups in total. The second-order valence-electron chi connectivity index (χ2n) is 8.36. The first kappa shape index (κ1) is 24.4. The van der Waals surface area contributed by atoms with Gasteiger partial charge < -0.3 is 14.2 Å². The van der Waals surface area contributed by atoms with Gasteiger partial charge in [0.05, 0.1) is 19.8 Å². The first-order valence-corrected chi connectivity index (χ1v) is 12.1. The zero-order valence-corrected chi connectivity index (χ0v) is 19.7. The van der Waals surface area contributed by atoms with Crippen LogP contribution in [0.2, 0.25) is 0 Å². The van der Waals surface area contributed by atoms with Gasteiger partial charge in [0.15, 0.2) is 6.29 Å². The maximum atomic E-state index is 5.99. The number of unbranched alkanes of at least 4 members (excludes halogenated alkanes) is 4. The van der Waals surface area contributed by atoms with Crippen LogP contribution in [0.15, 0.2) is 72.8 Å². The molecule has 2 aromatic rings. The minimum Gasteiger partial charge on any atom is -0.366 e. The summed E-state index contributed by atoms with van der Waals surface area (Å²) in [6.07, 6.45) is 15.4. The molecule has 0 spiro atoms. The lowest BCUT2D eigenvalue weighted by molar-refractivity contribution is -0.232. The van der Waals surface area contributed by atoms with Crippen molar-refractivity contribution in [2.24, 2.45) is 0 Å². The van der Waals surface area contributed by atoms with E-state index in [1.165, 1.54) is 55.2 Å². The molecule has 1 aliphatic rings. The highest BCUT2D eigenvalue weighted by Crippen LogP contribution is 2.27. The van der Waals surface area contributed by atoms with Crippen LogP contribution in [0.1, 0.15) is 63.2 Å². The summed E-state index contributed by atoms with van der Waals surface area (Å²) in [4.78, 5) is 0. The van der Waals surface area contributed by atoms with Crippen LogP contribution in [0.4, 0.5) is 0 Å². The summed E-state index contributed by atoms with van der Waals surface area (Å²) in [5.41, 5.74) is 5.06. The Morgan fingerprint density at radius 1 is 0.844 bits per heavy atom. The van der Waals surface area contributed by atoms with Gasteiger partial charge in [0.2, 0.25) is 0 Å². The van der Waals surface area contributed by atoms with Crippen LogP contribution in [-0.4, -0.2) is 26.1 Å². The molecule has 2 aromatic carbocycles. The Hall–Kier alpha value is -2.20. The zero-order chi connectivity index (χ0) is 22.4. The van der Waals surface area contributed by atoms with E-state index in [9.17, 15) is 0 Å². The number of aryl methyl sites for hydroxylation is 1. The Kier molecular flexibility index (Phi) is 10.7. The van der Waals surface area contributed by atoms with E-state index in [2.05, 4.69) is 55.5 Å². The molecule has 2 atom stereocenters. The van der Waals surface area contributed by atoms with Gasteiger partial charge in [0.25, 0.3) is 0 Å². The predicted molar refractivity (Wildman–Crippen MR) is 133 cm³/mol. The molecule has 1 saturated heterocycles. The van der Waals surface area contributed by atoms with Gasteiger partial charge in [0.1, 0.15) is 6.10 Å². The SMILES string of the molecule is C/C=C/C=C/CO[C@@H]1CO[C@@H](c2ccc(-c3ccc(CCCCCCC)cc3)cc2)CO1. The fourth-order valence-corrected chi connectivity index (χ4v) is 3.87. The third kappa shape index (κ3) is 8.05. The van der Waals surface area contributed by atoms with Gasteiger partial charge in [-0.3, -0.25) is 0 Å². The summed E-state index contributed by atoms with van der Waals surface area (Å²) in [5, 5.41) is 0. The fourth-order valence-electron chi connectivity index (χ4n) is 3.87. The van der Waals surface area contributed by atoms with Crippen LogP contribution < -0.4 is 0 Å². The lowest BCUT2D eigenvalue weighted by Crippen LogP contribution is -2.33. The first-order chi connectivity index (χ1) is 15.8. The van der Waals surface area contributed by atoms with Crippen molar-refractivity contribution in [1.29, 1.82) is 0 Å². The number of hydrogen-bond donors (Lipinski definition) is 0. The van der Waals surface area contributed by atoms with Crippen LogP contribution in [0.5, 0.6) is 0 Å². The van der Waals surface area contributed by atoms with Crippen molar-refractivity contribution >= 4 is 0 Å². The van der Waals surface area contributed by atoms with Crippen molar-refractivity contribution in [2.75, 3.05) is 19.8 Å². The third-order valence-electron chi connectivity index (χ3n) is 5.82. The van der Waals surface area contributed by atoms with Crippen LogP contribution in [0.25, 0.3) is 11.1 Å². The first-order valence-electron chi connectivity index (χ1n) is 12.1. The highest BCUT2D eigenvalue weighted by molar-refractivity contribution is 5.64. The normalized spacial score (nSPS) is 19.2. The van der Waals surface area contributed by atoms with Gasteiger partial charge in [-0.05, 0) is 42.0 Å². The van der Waals surface area contributed by atoms with Gasteiger partial charge >= 0.3 is 0 Å². The molecule has 0 aromatic heterocycles. The minimum atomic E-state index is -0.300. The van der Waals surface area contributed by atoms with Gasteiger partial charge in [-0.1, -0.05) is 105 Å². The molecule has 172 valence electrons. The number of hydrogen-bond acceptors (Lipinski definition) is 3. The van der Waals surface area contributed by atoms with Gasteiger partial charge in [-0.15, -0.1) is 0 Å². The second kappa shape index (κ2) is 14.1. The molecule has 1 heterocycles. The standard InChI is InChI=1S/C29H38O3/c1-3-5-7-9-10-12-24-13-15-25(16-14-24)26-17-19-27(20-18-26)28-22-32-29(23-31-28)30-21-11-8-6-4-2/h4,6,8,11,13-20,28-29H,3,5,7,9-10,12,21-23H2,1-2H3/b6-4+,11-8+/t28-,29+/m1/s1. The summed E-state index contributed by atoms with van der Waals surface area (Å²) in [6.45, 7) is 5.73. The largest absolute Gasteiger partial charge is 0.366 e. The summed E-state index contributed by atoms with van der Waals surface area (Å²) in [5.74, 6) is 0. The maximum Gasteiger partial charge on any atom is 0.181 e. The van der Waals surface area contributed by atoms with Crippen molar-refractivity contribution in [3.63, 3.8) is 0 Å².